The van der Waals surface area contributed by atoms with E-state index in [1.807, 2.05) is 36.4 Å². The first-order valence-electron chi connectivity index (χ1n) is 5.80. The van der Waals surface area contributed by atoms with Gasteiger partial charge in [-0.05, 0) is 24.3 Å². The van der Waals surface area contributed by atoms with Crippen LogP contribution in [0.25, 0.3) is 11.3 Å². The molecule has 0 saturated carbocycles. The number of nitrogens with one attached hydrogen (secondary N) is 1. The topological polar surface area (TPSA) is 38.1 Å². The van der Waals surface area contributed by atoms with Crippen molar-refractivity contribution in [3.63, 3.8) is 0 Å². The Morgan fingerprint density at radius 3 is 2.84 bits per heavy atom. The first-order valence-corrected chi connectivity index (χ1v) is 6.99. The minimum Gasteiger partial charge on any atom is -0.464 e. The summed E-state index contributed by atoms with van der Waals surface area (Å²) in [4.78, 5) is 5.12. The van der Waals surface area contributed by atoms with Gasteiger partial charge in [0.1, 0.15) is 5.76 Å². The van der Waals surface area contributed by atoms with Gasteiger partial charge in [-0.25, -0.2) is 4.98 Å². The maximum atomic E-state index is 5.82. The lowest BCUT2D eigenvalue weighted by atomic mass is 10.1. The van der Waals surface area contributed by atoms with Gasteiger partial charge in [-0.2, -0.15) is 0 Å². The molecule has 0 radical (unpaired) electrons. The minimum atomic E-state index is 0.566. The Labute approximate surface area is 119 Å². The van der Waals surface area contributed by atoms with Crippen LogP contribution in [0.3, 0.4) is 0 Å². The zero-order valence-electron chi connectivity index (χ0n) is 9.97. The maximum Gasteiger partial charge on any atom is 0.183 e. The number of para-hydroxylation sites is 1. The highest BCUT2D eigenvalue weighted by molar-refractivity contribution is 7.15. The number of halogens is 1. The highest BCUT2D eigenvalue weighted by atomic mass is 35.5. The highest BCUT2D eigenvalue weighted by Gasteiger charge is 2.07. The van der Waals surface area contributed by atoms with Gasteiger partial charge in [0.15, 0.2) is 4.47 Å². The average molecular weight is 291 g/mol. The Hall–Kier alpha value is -1.78. The number of thiazole rings is 1. The first kappa shape index (κ1) is 12.3. The number of nitrogens with zero attached hydrogens (tertiary/aromatic N) is 1. The molecule has 3 rings (SSSR count). The fraction of sp³-hybridized carbons (Fsp3) is 0.0714. The van der Waals surface area contributed by atoms with Crippen LogP contribution in [0.2, 0.25) is 4.47 Å². The second-order valence-corrected chi connectivity index (χ2v) is 5.65. The van der Waals surface area contributed by atoms with Crippen molar-refractivity contribution in [1.82, 2.24) is 4.98 Å². The largest absolute Gasteiger partial charge is 0.464 e. The summed E-state index contributed by atoms with van der Waals surface area (Å²) in [5.74, 6) is 0.852. The zero-order chi connectivity index (χ0) is 13.1. The van der Waals surface area contributed by atoms with Crippen LogP contribution in [0.4, 0.5) is 5.69 Å². The Bertz CT molecular complexity index is 664. The number of hydrogen-bond donors (Lipinski definition) is 1. The SMILES string of the molecule is Clc1ncc(CNc2ccccc2-c2ccco2)s1. The molecule has 3 aromatic rings. The number of anilines is 1. The van der Waals surface area contributed by atoms with Crippen molar-refractivity contribution in [2.24, 2.45) is 0 Å². The van der Waals surface area contributed by atoms with Gasteiger partial charge in [0.2, 0.25) is 0 Å². The van der Waals surface area contributed by atoms with E-state index in [2.05, 4.69) is 10.3 Å². The fourth-order valence-electron chi connectivity index (χ4n) is 1.83. The monoisotopic (exact) mass is 290 g/mol. The first-order chi connectivity index (χ1) is 9.33. The summed E-state index contributed by atoms with van der Waals surface area (Å²) in [5, 5.41) is 3.38. The molecular formula is C14H11ClN2OS. The van der Waals surface area contributed by atoms with Gasteiger partial charge in [-0.1, -0.05) is 23.7 Å². The van der Waals surface area contributed by atoms with E-state index < -0.39 is 0 Å². The third-order valence-electron chi connectivity index (χ3n) is 2.69. The lowest BCUT2D eigenvalue weighted by molar-refractivity contribution is 0.582. The van der Waals surface area contributed by atoms with Crippen molar-refractivity contribution < 1.29 is 4.42 Å². The van der Waals surface area contributed by atoms with E-state index >= 15 is 0 Å². The van der Waals surface area contributed by atoms with E-state index in [4.69, 9.17) is 16.0 Å². The second-order valence-electron chi connectivity index (χ2n) is 3.96. The van der Waals surface area contributed by atoms with Crippen molar-refractivity contribution in [2.45, 2.75) is 6.54 Å². The fourth-order valence-corrected chi connectivity index (χ4v) is 2.75. The number of hydrogen-bond acceptors (Lipinski definition) is 4. The van der Waals surface area contributed by atoms with Crippen LogP contribution in [-0.2, 0) is 6.54 Å². The molecule has 1 N–H and O–H groups in total. The van der Waals surface area contributed by atoms with Crippen LogP contribution >= 0.6 is 22.9 Å². The van der Waals surface area contributed by atoms with E-state index in [1.165, 1.54) is 11.3 Å². The molecule has 0 aliphatic heterocycles. The summed E-state index contributed by atoms with van der Waals surface area (Å²) in [6.07, 6.45) is 3.46. The molecule has 0 spiro atoms. The van der Waals surface area contributed by atoms with Crippen molar-refractivity contribution in [3.05, 3.63) is 58.2 Å². The number of benzene rings is 1. The van der Waals surface area contributed by atoms with Crippen molar-refractivity contribution >= 4 is 28.6 Å². The molecule has 0 atom stereocenters. The van der Waals surface area contributed by atoms with Crippen LogP contribution in [0, 0.1) is 0 Å². The van der Waals surface area contributed by atoms with Crippen LogP contribution in [-0.4, -0.2) is 4.98 Å². The molecule has 0 aliphatic carbocycles. The van der Waals surface area contributed by atoms with Crippen LogP contribution in [0.15, 0.2) is 53.3 Å². The Kier molecular flexibility index (Phi) is 3.53. The molecule has 1 aromatic carbocycles. The zero-order valence-corrected chi connectivity index (χ0v) is 11.5. The van der Waals surface area contributed by atoms with E-state index in [9.17, 15) is 0 Å². The molecule has 96 valence electrons. The van der Waals surface area contributed by atoms with Gasteiger partial charge in [-0.15, -0.1) is 11.3 Å². The standard InChI is InChI=1S/C14H11ClN2OS/c15-14-17-9-10(19-14)8-16-12-5-2-1-4-11(12)13-6-3-7-18-13/h1-7,9,16H,8H2. The lowest BCUT2D eigenvalue weighted by Gasteiger charge is -2.09. The molecule has 5 heteroatoms. The summed E-state index contributed by atoms with van der Waals surface area (Å²) < 4.78 is 6.01. The highest BCUT2D eigenvalue weighted by Crippen LogP contribution is 2.29. The van der Waals surface area contributed by atoms with Gasteiger partial charge in [0, 0.05) is 22.3 Å². The molecule has 2 aromatic heterocycles. The summed E-state index contributed by atoms with van der Waals surface area (Å²) >= 11 is 7.30. The molecule has 2 heterocycles. The van der Waals surface area contributed by atoms with Crippen molar-refractivity contribution in [1.29, 1.82) is 0 Å². The van der Waals surface area contributed by atoms with Gasteiger partial charge >= 0.3 is 0 Å². The third kappa shape index (κ3) is 2.80. The van der Waals surface area contributed by atoms with Gasteiger partial charge < -0.3 is 9.73 Å². The Morgan fingerprint density at radius 2 is 2.11 bits per heavy atom. The second kappa shape index (κ2) is 5.47. The maximum absolute atomic E-state index is 5.82. The smallest absolute Gasteiger partial charge is 0.183 e. The number of furan rings is 1. The van der Waals surface area contributed by atoms with Crippen molar-refractivity contribution in [3.8, 4) is 11.3 Å². The minimum absolute atomic E-state index is 0.566. The predicted molar refractivity (Wildman–Crippen MR) is 78.6 cm³/mol. The molecular weight excluding hydrogens is 280 g/mol. The summed E-state index contributed by atoms with van der Waals surface area (Å²) in [5.41, 5.74) is 2.07. The quantitative estimate of drug-likeness (QED) is 0.759. The Morgan fingerprint density at radius 1 is 1.21 bits per heavy atom. The summed E-state index contributed by atoms with van der Waals surface area (Å²) in [6, 6.07) is 11.9. The van der Waals surface area contributed by atoms with Gasteiger partial charge in [0.25, 0.3) is 0 Å². The van der Waals surface area contributed by atoms with Crippen LogP contribution in [0.5, 0.6) is 0 Å². The molecule has 0 saturated heterocycles. The molecule has 3 nitrogen and oxygen atoms in total. The number of rotatable bonds is 4. The molecule has 0 bridgehead atoms. The van der Waals surface area contributed by atoms with E-state index in [0.29, 0.717) is 11.0 Å². The van der Waals surface area contributed by atoms with E-state index in [-0.39, 0.29) is 0 Å². The average Bonchev–Trinajstić information content (AvgIpc) is 3.08. The summed E-state index contributed by atoms with van der Waals surface area (Å²) in [6.45, 7) is 0.697. The molecule has 0 aliphatic rings. The van der Waals surface area contributed by atoms with Crippen molar-refractivity contribution in [2.75, 3.05) is 5.32 Å². The van der Waals surface area contributed by atoms with E-state index in [1.54, 1.807) is 12.5 Å². The van der Waals surface area contributed by atoms with Crippen LogP contribution in [0.1, 0.15) is 4.88 Å². The normalized spacial score (nSPS) is 10.6. The molecule has 0 unspecified atom stereocenters. The predicted octanol–water partition coefficient (Wildman–Crippen LogP) is 4.67. The molecule has 0 fully saturated rings. The molecule has 19 heavy (non-hydrogen) atoms. The summed E-state index contributed by atoms with van der Waals surface area (Å²) in [7, 11) is 0. The van der Waals surface area contributed by atoms with Crippen LogP contribution < -0.4 is 5.32 Å². The number of aromatic nitrogens is 1. The third-order valence-corrected chi connectivity index (χ3v) is 3.81. The Balaban J connectivity index is 1.81. The molecule has 0 amide bonds. The lowest BCUT2D eigenvalue weighted by Crippen LogP contribution is -1.98. The van der Waals surface area contributed by atoms with Gasteiger partial charge in [-0.3, -0.25) is 0 Å². The van der Waals surface area contributed by atoms with E-state index in [0.717, 1.165) is 21.9 Å². The van der Waals surface area contributed by atoms with Gasteiger partial charge in [0.05, 0.1) is 12.8 Å².